The molecular weight excluding hydrogens is 276 g/mol. The number of ether oxygens (including phenoxy) is 1. The molecule has 0 unspecified atom stereocenters. The standard InChI is InChI=1S/C17H22N4O/c1-12-4-5-15-16(18)17(19-21(15)13(12)2)22-11-8-14-6-9-20(3)10-7-14/h4-7,9H,8,10-11,18H2,1-3H3. The summed E-state index contributed by atoms with van der Waals surface area (Å²) in [6, 6.07) is 4.04. The molecule has 0 spiro atoms. The lowest BCUT2D eigenvalue weighted by atomic mass is 10.1. The normalized spacial score (nSPS) is 14.5. The third-order valence-corrected chi connectivity index (χ3v) is 4.12. The van der Waals surface area contributed by atoms with Gasteiger partial charge in [-0.05, 0) is 43.3 Å². The van der Waals surface area contributed by atoms with Crippen molar-refractivity contribution in [3.05, 3.63) is 47.3 Å². The lowest BCUT2D eigenvalue weighted by Crippen LogP contribution is -2.14. The number of pyridine rings is 1. The van der Waals surface area contributed by atoms with Gasteiger partial charge in [0.15, 0.2) is 0 Å². The molecule has 0 fully saturated rings. The Morgan fingerprint density at radius 1 is 1.32 bits per heavy atom. The molecule has 116 valence electrons. The van der Waals surface area contributed by atoms with Gasteiger partial charge in [-0.15, -0.1) is 5.10 Å². The fraction of sp³-hybridized carbons (Fsp3) is 0.353. The van der Waals surface area contributed by atoms with Crippen LogP contribution in [0.4, 0.5) is 5.69 Å². The van der Waals surface area contributed by atoms with E-state index in [1.807, 2.05) is 17.5 Å². The van der Waals surface area contributed by atoms with Gasteiger partial charge >= 0.3 is 0 Å². The first kappa shape index (κ1) is 14.5. The van der Waals surface area contributed by atoms with Crippen LogP contribution in [0.3, 0.4) is 0 Å². The van der Waals surface area contributed by atoms with Crippen molar-refractivity contribution in [2.24, 2.45) is 0 Å². The topological polar surface area (TPSA) is 55.8 Å². The van der Waals surface area contributed by atoms with Crippen LogP contribution in [0.15, 0.2) is 36.1 Å². The van der Waals surface area contributed by atoms with Gasteiger partial charge in [0.25, 0.3) is 5.88 Å². The van der Waals surface area contributed by atoms with E-state index in [0.29, 0.717) is 18.2 Å². The third kappa shape index (κ3) is 2.66. The zero-order valence-electron chi connectivity index (χ0n) is 13.3. The molecule has 1 aliphatic heterocycles. The molecule has 2 aromatic heterocycles. The summed E-state index contributed by atoms with van der Waals surface area (Å²) >= 11 is 0. The highest BCUT2D eigenvalue weighted by Gasteiger charge is 2.13. The number of likely N-dealkylation sites (N-methyl/N-ethyl adjacent to an activating group) is 1. The van der Waals surface area contributed by atoms with Crippen molar-refractivity contribution in [1.29, 1.82) is 0 Å². The molecule has 0 radical (unpaired) electrons. The predicted octanol–water partition coefficient (Wildman–Crippen LogP) is 2.69. The molecule has 0 saturated carbocycles. The first-order chi connectivity index (χ1) is 10.6. The second-order valence-corrected chi connectivity index (χ2v) is 5.75. The molecule has 2 N–H and O–H groups in total. The Morgan fingerprint density at radius 2 is 2.14 bits per heavy atom. The van der Waals surface area contributed by atoms with Crippen molar-refractivity contribution < 1.29 is 4.74 Å². The molecule has 0 atom stereocenters. The van der Waals surface area contributed by atoms with Crippen LogP contribution in [0.2, 0.25) is 0 Å². The summed E-state index contributed by atoms with van der Waals surface area (Å²) in [5.74, 6) is 0.520. The molecule has 2 aromatic rings. The fourth-order valence-electron chi connectivity index (χ4n) is 2.50. The Kier molecular flexibility index (Phi) is 3.79. The number of allylic oxidation sites excluding steroid dienone is 1. The Morgan fingerprint density at radius 3 is 2.86 bits per heavy atom. The van der Waals surface area contributed by atoms with E-state index in [9.17, 15) is 0 Å². The number of rotatable bonds is 4. The monoisotopic (exact) mass is 298 g/mol. The highest BCUT2D eigenvalue weighted by atomic mass is 16.5. The lowest BCUT2D eigenvalue weighted by Gasteiger charge is -2.16. The van der Waals surface area contributed by atoms with E-state index in [2.05, 4.69) is 48.4 Å². The highest BCUT2D eigenvalue weighted by molar-refractivity contribution is 5.75. The van der Waals surface area contributed by atoms with Crippen LogP contribution >= 0.6 is 0 Å². The van der Waals surface area contributed by atoms with Crippen LogP contribution in [0.25, 0.3) is 5.52 Å². The van der Waals surface area contributed by atoms with Crippen molar-refractivity contribution in [3.63, 3.8) is 0 Å². The van der Waals surface area contributed by atoms with Crippen LogP contribution in [-0.2, 0) is 0 Å². The Hall–Kier alpha value is -2.43. The molecule has 0 amide bonds. The Balaban J connectivity index is 1.71. The second kappa shape index (κ2) is 5.75. The fourth-order valence-corrected chi connectivity index (χ4v) is 2.50. The van der Waals surface area contributed by atoms with Crippen LogP contribution in [0, 0.1) is 13.8 Å². The first-order valence-corrected chi connectivity index (χ1v) is 7.51. The van der Waals surface area contributed by atoms with E-state index in [1.165, 1.54) is 11.1 Å². The van der Waals surface area contributed by atoms with E-state index in [4.69, 9.17) is 10.5 Å². The van der Waals surface area contributed by atoms with Crippen molar-refractivity contribution in [3.8, 4) is 5.88 Å². The molecule has 5 heteroatoms. The lowest BCUT2D eigenvalue weighted by molar-refractivity contribution is 0.309. The molecule has 3 heterocycles. The van der Waals surface area contributed by atoms with Crippen LogP contribution in [0.5, 0.6) is 5.88 Å². The van der Waals surface area contributed by atoms with E-state index >= 15 is 0 Å². The number of fused-ring (bicyclic) bond motifs is 1. The zero-order chi connectivity index (χ0) is 15.7. The minimum Gasteiger partial charge on any atom is -0.475 e. The average molecular weight is 298 g/mol. The maximum atomic E-state index is 6.15. The van der Waals surface area contributed by atoms with Crippen molar-refractivity contribution in [2.75, 3.05) is 25.9 Å². The summed E-state index contributed by atoms with van der Waals surface area (Å²) in [7, 11) is 2.06. The Labute approximate surface area is 130 Å². The minimum absolute atomic E-state index is 0.520. The summed E-state index contributed by atoms with van der Waals surface area (Å²) in [5, 5.41) is 4.49. The average Bonchev–Trinajstić information content (AvgIpc) is 2.83. The molecule has 0 aromatic carbocycles. The molecule has 0 aliphatic carbocycles. The van der Waals surface area contributed by atoms with Crippen molar-refractivity contribution in [2.45, 2.75) is 20.3 Å². The van der Waals surface area contributed by atoms with Gasteiger partial charge in [-0.25, -0.2) is 4.52 Å². The van der Waals surface area contributed by atoms with Crippen LogP contribution in [0.1, 0.15) is 17.7 Å². The number of nitrogen functional groups attached to an aromatic ring is 1. The van der Waals surface area contributed by atoms with E-state index < -0.39 is 0 Å². The van der Waals surface area contributed by atoms with Gasteiger partial charge in [-0.1, -0.05) is 12.1 Å². The maximum Gasteiger partial charge on any atom is 0.257 e. The van der Waals surface area contributed by atoms with E-state index in [1.54, 1.807) is 0 Å². The summed E-state index contributed by atoms with van der Waals surface area (Å²) < 4.78 is 7.66. The summed E-state index contributed by atoms with van der Waals surface area (Å²) in [5.41, 5.74) is 11.2. The smallest absolute Gasteiger partial charge is 0.257 e. The van der Waals surface area contributed by atoms with Gasteiger partial charge < -0.3 is 15.4 Å². The molecule has 0 bridgehead atoms. The van der Waals surface area contributed by atoms with Crippen LogP contribution < -0.4 is 10.5 Å². The number of nitrogens with zero attached hydrogens (tertiary/aromatic N) is 3. The molecular formula is C17H22N4O. The number of nitrogens with two attached hydrogens (primary N) is 1. The Bertz CT molecular complexity index is 758. The van der Waals surface area contributed by atoms with Gasteiger partial charge in [-0.2, -0.15) is 0 Å². The molecule has 0 saturated heterocycles. The van der Waals surface area contributed by atoms with Crippen LogP contribution in [-0.4, -0.2) is 34.7 Å². The zero-order valence-corrected chi connectivity index (χ0v) is 13.3. The molecule has 22 heavy (non-hydrogen) atoms. The number of aromatic nitrogens is 2. The van der Waals surface area contributed by atoms with E-state index in [-0.39, 0.29) is 0 Å². The number of hydrogen-bond donors (Lipinski definition) is 1. The number of hydrogen-bond acceptors (Lipinski definition) is 4. The minimum atomic E-state index is 0.520. The van der Waals surface area contributed by atoms with Crippen molar-refractivity contribution >= 4 is 11.2 Å². The summed E-state index contributed by atoms with van der Waals surface area (Å²) in [6.45, 7) is 5.62. The predicted molar refractivity (Wildman–Crippen MR) is 89.0 cm³/mol. The summed E-state index contributed by atoms with van der Waals surface area (Å²) in [6.07, 6.45) is 7.27. The quantitative estimate of drug-likeness (QED) is 0.943. The third-order valence-electron chi connectivity index (χ3n) is 4.12. The second-order valence-electron chi connectivity index (χ2n) is 5.75. The van der Waals surface area contributed by atoms with Gasteiger partial charge in [-0.3, -0.25) is 0 Å². The van der Waals surface area contributed by atoms with Gasteiger partial charge in [0.05, 0.1) is 12.1 Å². The SMILES string of the molecule is Cc1ccc2c(N)c(OCCC3=CCN(C)C=C3)nn2c1C. The largest absolute Gasteiger partial charge is 0.475 e. The molecule has 3 rings (SSSR count). The van der Waals surface area contributed by atoms with E-state index in [0.717, 1.165) is 24.2 Å². The molecule has 5 nitrogen and oxygen atoms in total. The maximum absolute atomic E-state index is 6.15. The van der Waals surface area contributed by atoms with Gasteiger partial charge in [0.1, 0.15) is 5.69 Å². The molecule has 1 aliphatic rings. The summed E-state index contributed by atoms with van der Waals surface area (Å²) in [4.78, 5) is 2.13. The number of anilines is 1. The number of aryl methyl sites for hydroxylation is 2. The van der Waals surface area contributed by atoms with Crippen molar-refractivity contribution in [1.82, 2.24) is 14.5 Å². The highest BCUT2D eigenvalue weighted by Crippen LogP contribution is 2.27. The van der Waals surface area contributed by atoms with Gasteiger partial charge in [0.2, 0.25) is 0 Å². The first-order valence-electron chi connectivity index (χ1n) is 7.51. The van der Waals surface area contributed by atoms with Gasteiger partial charge in [0, 0.05) is 25.7 Å².